The van der Waals surface area contributed by atoms with Gasteiger partial charge in [0.25, 0.3) is 0 Å². The van der Waals surface area contributed by atoms with Gasteiger partial charge < -0.3 is 9.47 Å². The molecule has 0 amide bonds. The Labute approximate surface area is 145 Å². The van der Waals surface area contributed by atoms with Crippen molar-refractivity contribution in [1.29, 1.82) is 0 Å². The van der Waals surface area contributed by atoms with E-state index in [0.29, 0.717) is 22.3 Å². The summed E-state index contributed by atoms with van der Waals surface area (Å²) in [6.45, 7) is 7.85. The summed E-state index contributed by atoms with van der Waals surface area (Å²) in [7, 11) is 0. The van der Waals surface area contributed by atoms with Gasteiger partial charge in [-0.25, -0.2) is 9.78 Å². The third-order valence-electron chi connectivity index (χ3n) is 2.88. The Morgan fingerprint density at radius 3 is 2.71 bits per heavy atom. The predicted molar refractivity (Wildman–Crippen MR) is 96.2 cm³/mol. The predicted octanol–water partition coefficient (Wildman–Crippen LogP) is 3.86. The number of carbonyl (C=O) groups excluding carboxylic acids is 1. The van der Waals surface area contributed by atoms with E-state index in [-0.39, 0.29) is 12.1 Å². The summed E-state index contributed by atoms with van der Waals surface area (Å²) in [5.74, 6) is 0.468. The molecule has 0 radical (unpaired) electrons. The van der Waals surface area contributed by atoms with Gasteiger partial charge in [-0.1, -0.05) is 11.3 Å². The Bertz CT molecular complexity index is 708. The van der Waals surface area contributed by atoms with Crippen molar-refractivity contribution in [2.45, 2.75) is 33.8 Å². The second-order valence-electron chi connectivity index (χ2n) is 5.26. The number of nitrogens with zero attached hydrogens (tertiary/aromatic N) is 2. The SMILES string of the molecule is CCOC(=O)c1sc(N/N=C\c2ccc(OC(C)C)cc2)nc1C. The van der Waals surface area contributed by atoms with Crippen LogP contribution in [-0.4, -0.2) is 29.9 Å². The first kappa shape index (κ1) is 17.9. The lowest BCUT2D eigenvalue weighted by atomic mass is 10.2. The molecule has 2 rings (SSSR count). The van der Waals surface area contributed by atoms with Crippen LogP contribution in [0.4, 0.5) is 5.13 Å². The molecule has 0 saturated heterocycles. The molecule has 1 N–H and O–H groups in total. The molecule has 128 valence electrons. The Kier molecular flexibility index (Phi) is 6.31. The number of nitrogens with one attached hydrogen (secondary N) is 1. The van der Waals surface area contributed by atoms with E-state index < -0.39 is 0 Å². The molecular formula is C17H21N3O3S. The van der Waals surface area contributed by atoms with Gasteiger partial charge in [0.15, 0.2) is 0 Å². The molecule has 1 aromatic carbocycles. The highest BCUT2D eigenvalue weighted by atomic mass is 32.1. The number of anilines is 1. The van der Waals surface area contributed by atoms with Crippen LogP contribution in [0.15, 0.2) is 29.4 Å². The summed E-state index contributed by atoms with van der Waals surface area (Å²) in [5, 5.41) is 4.69. The second kappa shape index (κ2) is 8.44. The molecule has 0 aliphatic heterocycles. The standard InChI is InChI=1S/C17H21N3O3S/c1-5-22-16(21)15-12(4)19-17(24-15)20-18-10-13-6-8-14(9-7-13)23-11(2)3/h6-11H,5H2,1-4H3,(H,19,20)/b18-10-. The molecule has 1 heterocycles. The first-order valence-electron chi connectivity index (χ1n) is 7.70. The summed E-state index contributed by atoms with van der Waals surface area (Å²) >= 11 is 1.22. The van der Waals surface area contributed by atoms with E-state index in [4.69, 9.17) is 9.47 Å². The molecule has 0 bridgehead atoms. The molecule has 0 aliphatic rings. The van der Waals surface area contributed by atoms with Crippen LogP contribution in [0.25, 0.3) is 0 Å². The summed E-state index contributed by atoms with van der Waals surface area (Å²) < 4.78 is 10.6. The molecular weight excluding hydrogens is 326 g/mol. The van der Waals surface area contributed by atoms with Crippen LogP contribution < -0.4 is 10.2 Å². The normalized spacial score (nSPS) is 11.0. The summed E-state index contributed by atoms with van der Waals surface area (Å²) in [5.41, 5.74) is 4.40. The molecule has 0 unspecified atom stereocenters. The molecule has 0 aliphatic carbocycles. The van der Waals surface area contributed by atoms with Crippen molar-refractivity contribution in [2.24, 2.45) is 5.10 Å². The van der Waals surface area contributed by atoms with Gasteiger partial charge in [-0.2, -0.15) is 5.10 Å². The number of carbonyl (C=O) groups is 1. The molecule has 0 fully saturated rings. The summed E-state index contributed by atoms with van der Waals surface area (Å²) in [4.78, 5) is 16.5. The van der Waals surface area contributed by atoms with Gasteiger partial charge in [0.05, 0.1) is 24.6 Å². The number of ether oxygens (including phenoxy) is 2. The average molecular weight is 347 g/mol. The zero-order chi connectivity index (χ0) is 17.5. The van der Waals surface area contributed by atoms with Gasteiger partial charge in [-0.05, 0) is 57.5 Å². The molecule has 1 aromatic heterocycles. The third-order valence-corrected chi connectivity index (χ3v) is 3.93. The lowest BCUT2D eigenvalue weighted by Crippen LogP contribution is -2.05. The fraction of sp³-hybridized carbons (Fsp3) is 0.353. The number of esters is 1. The maximum Gasteiger partial charge on any atom is 0.350 e. The second-order valence-corrected chi connectivity index (χ2v) is 6.26. The van der Waals surface area contributed by atoms with E-state index in [1.54, 1.807) is 20.1 Å². The van der Waals surface area contributed by atoms with Crippen molar-refractivity contribution in [3.05, 3.63) is 40.4 Å². The van der Waals surface area contributed by atoms with E-state index in [1.807, 2.05) is 38.1 Å². The van der Waals surface area contributed by atoms with Crippen molar-refractivity contribution in [3.63, 3.8) is 0 Å². The first-order chi connectivity index (χ1) is 11.5. The Hall–Kier alpha value is -2.41. The molecule has 0 spiro atoms. The van der Waals surface area contributed by atoms with Crippen LogP contribution in [0.5, 0.6) is 5.75 Å². The van der Waals surface area contributed by atoms with Gasteiger partial charge in [0.2, 0.25) is 5.13 Å². The highest BCUT2D eigenvalue weighted by Gasteiger charge is 2.15. The fourth-order valence-corrected chi connectivity index (χ4v) is 2.71. The molecule has 24 heavy (non-hydrogen) atoms. The molecule has 7 heteroatoms. The van der Waals surface area contributed by atoms with Crippen LogP contribution >= 0.6 is 11.3 Å². The topological polar surface area (TPSA) is 72.8 Å². The maximum absolute atomic E-state index is 11.8. The minimum atomic E-state index is -0.356. The number of hydrogen-bond donors (Lipinski definition) is 1. The van der Waals surface area contributed by atoms with Crippen LogP contribution in [0.3, 0.4) is 0 Å². The number of rotatable bonds is 7. The van der Waals surface area contributed by atoms with E-state index in [1.165, 1.54) is 11.3 Å². The third kappa shape index (κ3) is 5.06. The van der Waals surface area contributed by atoms with E-state index in [0.717, 1.165) is 11.3 Å². The highest BCUT2D eigenvalue weighted by molar-refractivity contribution is 7.17. The van der Waals surface area contributed by atoms with E-state index >= 15 is 0 Å². The van der Waals surface area contributed by atoms with E-state index in [2.05, 4.69) is 15.5 Å². The quantitative estimate of drug-likeness (QED) is 0.468. The van der Waals surface area contributed by atoms with Gasteiger partial charge >= 0.3 is 5.97 Å². The monoisotopic (exact) mass is 347 g/mol. The number of hydrazone groups is 1. The minimum Gasteiger partial charge on any atom is -0.491 e. The zero-order valence-corrected chi connectivity index (χ0v) is 15.0. The Morgan fingerprint density at radius 1 is 1.38 bits per heavy atom. The van der Waals surface area contributed by atoms with Crippen molar-refractivity contribution in [1.82, 2.24) is 4.98 Å². The van der Waals surface area contributed by atoms with Gasteiger partial charge in [0.1, 0.15) is 10.6 Å². The minimum absolute atomic E-state index is 0.146. The van der Waals surface area contributed by atoms with Gasteiger partial charge in [-0.15, -0.1) is 0 Å². The number of thiazole rings is 1. The van der Waals surface area contributed by atoms with Crippen LogP contribution in [-0.2, 0) is 4.74 Å². The Balaban J connectivity index is 1.96. The van der Waals surface area contributed by atoms with Gasteiger partial charge in [0, 0.05) is 0 Å². The van der Waals surface area contributed by atoms with Crippen LogP contribution in [0.1, 0.15) is 41.7 Å². The highest BCUT2D eigenvalue weighted by Crippen LogP contribution is 2.23. The molecule has 0 atom stereocenters. The van der Waals surface area contributed by atoms with Crippen molar-refractivity contribution < 1.29 is 14.3 Å². The number of hydrogen-bond acceptors (Lipinski definition) is 7. The lowest BCUT2D eigenvalue weighted by molar-refractivity contribution is 0.0531. The summed E-state index contributed by atoms with van der Waals surface area (Å²) in [6, 6.07) is 7.63. The van der Waals surface area contributed by atoms with Crippen molar-refractivity contribution in [3.8, 4) is 5.75 Å². The van der Waals surface area contributed by atoms with E-state index in [9.17, 15) is 4.79 Å². The lowest BCUT2D eigenvalue weighted by Gasteiger charge is -2.08. The molecule has 0 saturated carbocycles. The number of aryl methyl sites for hydroxylation is 1. The summed E-state index contributed by atoms with van der Waals surface area (Å²) in [6.07, 6.45) is 1.83. The largest absolute Gasteiger partial charge is 0.491 e. The van der Waals surface area contributed by atoms with Gasteiger partial charge in [-0.3, -0.25) is 5.43 Å². The van der Waals surface area contributed by atoms with Crippen molar-refractivity contribution in [2.75, 3.05) is 12.0 Å². The first-order valence-corrected chi connectivity index (χ1v) is 8.51. The number of benzene rings is 1. The number of aromatic nitrogens is 1. The van der Waals surface area contributed by atoms with Crippen molar-refractivity contribution >= 4 is 28.7 Å². The molecule has 2 aromatic rings. The maximum atomic E-state index is 11.8. The molecule has 6 nitrogen and oxygen atoms in total. The average Bonchev–Trinajstić information content (AvgIpc) is 2.90. The zero-order valence-electron chi connectivity index (χ0n) is 14.2. The smallest absolute Gasteiger partial charge is 0.350 e. The van der Waals surface area contributed by atoms with Crippen LogP contribution in [0.2, 0.25) is 0 Å². The fourth-order valence-electron chi connectivity index (χ4n) is 1.90. The van der Waals surface area contributed by atoms with Crippen LogP contribution in [0, 0.1) is 6.92 Å². The Morgan fingerprint density at radius 2 is 2.08 bits per heavy atom.